The molecule has 0 N–H and O–H groups in total. The van der Waals surface area contributed by atoms with Crippen LogP contribution in [0.2, 0.25) is 0 Å². The molecule has 0 atom stereocenters. The second-order valence-corrected chi connectivity index (χ2v) is 4.62. The van der Waals surface area contributed by atoms with E-state index in [1.54, 1.807) is 30.9 Å². The summed E-state index contributed by atoms with van der Waals surface area (Å²) >= 11 is 0. The van der Waals surface area contributed by atoms with Gasteiger partial charge >= 0.3 is 5.97 Å². The number of carbonyl (C=O) groups excluding carboxylic acids is 2. The van der Waals surface area contributed by atoms with E-state index in [1.165, 1.54) is 0 Å². The molecule has 0 spiro atoms. The zero-order valence-electron chi connectivity index (χ0n) is 12.5. The Kier molecular flexibility index (Phi) is 4.62. The number of ether oxygens (including phenoxy) is 2. The average Bonchev–Trinajstić information content (AvgIpc) is 2.76. The van der Waals surface area contributed by atoms with Crippen molar-refractivity contribution in [3.05, 3.63) is 35.5 Å². The Labute approximate surface area is 124 Å². The molecule has 1 aromatic rings. The molecule has 0 radical (unpaired) electrons. The molecule has 0 saturated carbocycles. The number of nitrogens with zero attached hydrogens (tertiary/aromatic N) is 1. The monoisotopic (exact) mass is 289 g/mol. The molecule has 1 aliphatic rings. The molecule has 1 aromatic carbocycles. The summed E-state index contributed by atoms with van der Waals surface area (Å²) in [6.07, 6.45) is 0.0812. The first-order chi connectivity index (χ1) is 10.1. The molecule has 112 valence electrons. The van der Waals surface area contributed by atoms with Crippen molar-refractivity contribution in [2.24, 2.45) is 0 Å². The minimum Gasteiger partial charge on any atom is -0.494 e. The van der Waals surface area contributed by atoms with Gasteiger partial charge in [0.05, 0.1) is 25.2 Å². The summed E-state index contributed by atoms with van der Waals surface area (Å²) < 4.78 is 10.4. The van der Waals surface area contributed by atoms with Crippen LogP contribution in [0, 0.1) is 0 Å². The lowest BCUT2D eigenvalue weighted by atomic mass is 10.2. The van der Waals surface area contributed by atoms with Crippen LogP contribution in [0.5, 0.6) is 5.75 Å². The second-order valence-electron chi connectivity index (χ2n) is 4.62. The Morgan fingerprint density at radius 2 is 1.86 bits per heavy atom. The molecule has 1 amide bonds. The van der Waals surface area contributed by atoms with Gasteiger partial charge in [0.1, 0.15) is 5.75 Å². The van der Waals surface area contributed by atoms with Crippen molar-refractivity contribution >= 4 is 17.6 Å². The fourth-order valence-electron chi connectivity index (χ4n) is 2.31. The summed E-state index contributed by atoms with van der Waals surface area (Å²) in [5, 5.41) is 0. The van der Waals surface area contributed by atoms with Gasteiger partial charge in [-0.1, -0.05) is 0 Å². The first kappa shape index (κ1) is 15.1. The standard InChI is InChI=1S/C16H19NO4/c1-4-20-13-8-6-12(7-9-13)17-11(3)14(10-15(17)18)16(19)21-5-2/h6-9H,4-5,10H2,1-3H3. The molecule has 0 aliphatic carbocycles. The molecule has 0 fully saturated rings. The van der Waals surface area contributed by atoms with Gasteiger partial charge < -0.3 is 9.47 Å². The molecule has 5 heteroatoms. The lowest BCUT2D eigenvalue weighted by Crippen LogP contribution is -2.23. The van der Waals surface area contributed by atoms with Crippen LogP contribution < -0.4 is 9.64 Å². The molecule has 0 bridgehead atoms. The van der Waals surface area contributed by atoms with Gasteiger partial charge in [-0.05, 0) is 45.0 Å². The number of allylic oxidation sites excluding steroid dienone is 1. The molecule has 2 rings (SSSR count). The maximum Gasteiger partial charge on any atom is 0.336 e. The van der Waals surface area contributed by atoms with Gasteiger partial charge in [0.25, 0.3) is 0 Å². The molecule has 1 heterocycles. The van der Waals surface area contributed by atoms with Gasteiger partial charge in [-0.15, -0.1) is 0 Å². The SMILES string of the molecule is CCOC(=O)C1=C(C)N(c2ccc(OCC)cc2)C(=O)C1. The highest BCUT2D eigenvalue weighted by molar-refractivity contribution is 6.09. The number of hydrogen-bond acceptors (Lipinski definition) is 4. The van der Waals surface area contributed by atoms with E-state index >= 15 is 0 Å². The number of amides is 1. The highest BCUT2D eigenvalue weighted by Gasteiger charge is 2.32. The highest BCUT2D eigenvalue weighted by atomic mass is 16.5. The maximum atomic E-state index is 12.2. The number of benzene rings is 1. The van der Waals surface area contributed by atoms with Crippen LogP contribution in [-0.2, 0) is 14.3 Å². The van der Waals surface area contributed by atoms with E-state index in [0.717, 1.165) is 11.4 Å². The van der Waals surface area contributed by atoms with Gasteiger partial charge in [-0.25, -0.2) is 4.79 Å². The zero-order chi connectivity index (χ0) is 15.4. The summed E-state index contributed by atoms with van der Waals surface area (Å²) in [6.45, 7) is 6.31. The van der Waals surface area contributed by atoms with E-state index < -0.39 is 5.97 Å². The van der Waals surface area contributed by atoms with Crippen LogP contribution in [0.25, 0.3) is 0 Å². The second kappa shape index (κ2) is 6.43. The number of anilines is 1. The number of hydrogen-bond donors (Lipinski definition) is 0. The van der Waals surface area contributed by atoms with Gasteiger partial charge in [-0.3, -0.25) is 9.69 Å². The summed E-state index contributed by atoms with van der Waals surface area (Å²) in [7, 11) is 0. The minimum atomic E-state index is -0.420. The fourth-order valence-corrected chi connectivity index (χ4v) is 2.31. The summed E-state index contributed by atoms with van der Waals surface area (Å²) in [4.78, 5) is 25.5. The van der Waals surface area contributed by atoms with Crippen LogP contribution in [0.4, 0.5) is 5.69 Å². The quantitative estimate of drug-likeness (QED) is 0.782. The Morgan fingerprint density at radius 3 is 2.43 bits per heavy atom. The van der Waals surface area contributed by atoms with Crippen molar-refractivity contribution in [1.82, 2.24) is 0 Å². The normalized spacial score (nSPS) is 14.6. The zero-order valence-corrected chi connectivity index (χ0v) is 12.5. The van der Waals surface area contributed by atoms with Crippen molar-refractivity contribution in [3.63, 3.8) is 0 Å². The fraction of sp³-hybridized carbons (Fsp3) is 0.375. The third-order valence-electron chi connectivity index (χ3n) is 3.28. The Balaban J connectivity index is 2.26. The van der Waals surface area contributed by atoms with Crippen LogP contribution >= 0.6 is 0 Å². The third-order valence-corrected chi connectivity index (χ3v) is 3.28. The van der Waals surface area contributed by atoms with Crippen molar-refractivity contribution in [1.29, 1.82) is 0 Å². The van der Waals surface area contributed by atoms with Crippen molar-refractivity contribution < 1.29 is 19.1 Å². The number of carbonyl (C=O) groups is 2. The molecular weight excluding hydrogens is 270 g/mol. The van der Waals surface area contributed by atoms with E-state index in [-0.39, 0.29) is 12.3 Å². The van der Waals surface area contributed by atoms with Crippen molar-refractivity contribution in [3.8, 4) is 5.75 Å². The molecule has 5 nitrogen and oxygen atoms in total. The van der Waals surface area contributed by atoms with Crippen molar-refractivity contribution in [2.45, 2.75) is 27.2 Å². The van der Waals surface area contributed by atoms with E-state index in [0.29, 0.717) is 24.5 Å². The molecule has 0 saturated heterocycles. The van der Waals surface area contributed by atoms with Gasteiger partial charge in [0.2, 0.25) is 5.91 Å². The summed E-state index contributed by atoms with van der Waals surface area (Å²) in [5.74, 6) is 0.205. The number of esters is 1. The first-order valence-corrected chi connectivity index (χ1v) is 7.01. The Morgan fingerprint density at radius 1 is 1.19 bits per heavy atom. The first-order valence-electron chi connectivity index (χ1n) is 7.01. The lowest BCUT2D eigenvalue weighted by molar-refractivity contribution is -0.139. The van der Waals surface area contributed by atoms with E-state index in [2.05, 4.69) is 0 Å². The van der Waals surface area contributed by atoms with E-state index in [4.69, 9.17) is 9.47 Å². The summed E-state index contributed by atoms with van der Waals surface area (Å²) in [5.41, 5.74) is 1.78. The topological polar surface area (TPSA) is 55.8 Å². The Hall–Kier alpha value is -2.30. The van der Waals surface area contributed by atoms with Crippen molar-refractivity contribution in [2.75, 3.05) is 18.1 Å². The average molecular weight is 289 g/mol. The molecule has 21 heavy (non-hydrogen) atoms. The number of rotatable bonds is 5. The summed E-state index contributed by atoms with van der Waals surface area (Å²) in [6, 6.07) is 7.23. The van der Waals surface area contributed by atoms with Gasteiger partial charge in [0.15, 0.2) is 0 Å². The van der Waals surface area contributed by atoms with Gasteiger partial charge in [0, 0.05) is 11.4 Å². The van der Waals surface area contributed by atoms with E-state index in [1.807, 2.05) is 19.1 Å². The predicted molar refractivity (Wildman–Crippen MR) is 79.0 cm³/mol. The Bertz CT molecular complexity index is 574. The van der Waals surface area contributed by atoms with Crippen LogP contribution in [0.1, 0.15) is 27.2 Å². The van der Waals surface area contributed by atoms with Crippen LogP contribution in [-0.4, -0.2) is 25.1 Å². The minimum absolute atomic E-state index is 0.0812. The van der Waals surface area contributed by atoms with Gasteiger partial charge in [-0.2, -0.15) is 0 Å². The molecule has 1 aliphatic heterocycles. The molecule has 0 unspecified atom stereocenters. The highest BCUT2D eigenvalue weighted by Crippen LogP contribution is 2.31. The largest absolute Gasteiger partial charge is 0.494 e. The van der Waals surface area contributed by atoms with Crippen LogP contribution in [0.3, 0.4) is 0 Å². The van der Waals surface area contributed by atoms with Crippen LogP contribution in [0.15, 0.2) is 35.5 Å². The predicted octanol–water partition coefficient (Wildman–Crippen LogP) is 2.66. The molecule has 0 aromatic heterocycles. The smallest absolute Gasteiger partial charge is 0.336 e. The molecular formula is C16H19NO4. The third kappa shape index (κ3) is 3.07. The maximum absolute atomic E-state index is 12.2. The lowest BCUT2D eigenvalue weighted by Gasteiger charge is -2.18. The van der Waals surface area contributed by atoms with E-state index in [9.17, 15) is 9.59 Å².